The first kappa shape index (κ1) is 15.9. The van der Waals surface area contributed by atoms with Crippen LogP contribution in [0.2, 0.25) is 0 Å². The molecule has 0 radical (unpaired) electrons. The fourth-order valence-corrected chi connectivity index (χ4v) is 3.15. The van der Waals surface area contributed by atoms with Crippen molar-refractivity contribution in [3.05, 3.63) is 42.5 Å². The van der Waals surface area contributed by atoms with Crippen LogP contribution in [0.15, 0.2) is 46.9 Å². The summed E-state index contributed by atoms with van der Waals surface area (Å²) in [5.41, 5.74) is 1.30. The normalized spacial score (nSPS) is 16.8. The molecule has 6 heteroatoms. The molecule has 1 aromatic heterocycles. The van der Waals surface area contributed by atoms with Gasteiger partial charge in [-0.25, -0.2) is 4.79 Å². The molecule has 0 saturated carbocycles. The number of carbonyl (C=O) groups is 1. The number of hydrogen-bond acceptors (Lipinski definition) is 4. The summed E-state index contributed by atoms with van der Waals surface area (Å²) in [5, 5.41) is 17.9. The highest BCUT2D eigenvalue weighted by Gasteiger charge is 2.30. The van der Waals surface area contributed by atoms with Crippen molar-refractivity contribution < 1.29 is 19.1 Å². The average molecular weight is 340 g/mol. The van der Waals surface area contributed by atoms with Crippen LogP contribution in [0.25, 0.3) is 21.9 Å². The van der Waals surface area contributed by atoms with Crippen molar-refractivity contribution >= 4 is 33.7 Å². The summed E-state index contributed by atoms with van der Waals surface area (Å²) in [6.07, 6.45) is 1.05. The maximum atomic E-state index is 12.1. The number of ether oxygens (including phenoxy) is 1. The van der Waals surface area contributed by atoms with Gasteiger partial charge in [0.05, 0.1) is 5.60 Å². The molecule has 6 nitrogen and oxygen atoms in total. The molecule has 0 unspecified atom stereocenters. The van der Waals surface area contributed by atoms with Crippen LogP contribution in [-0.2, 0) is 4.74 Å². The molecule has 1 saturated heterocycles. The first-order chi connectivity index (χ1) is 12.1. The minimum atomic E-state index is -0.891. The number of carbonyl (C=O) groups excluding carboxylic acids is 1. The summed E-state index contributed by atoms with van der Waals surface area (Å²) >= 11 is 0. The van der Waals surface area contributed by atoms with Crippen LogP contribution in [0.3, 0.4) is 0 Å². The van der Waals surface area contributed by atoms with E-state index in [2.05, 4.69) is 10.6 Å². The van der Waals surface area contributed by atoms with Crippen molar-refractivity contribution in [3.63, 3.8) is 0 Å². The van der Waals surface area contributed by atoms with Crippen LogP contribution in [0.5, 0.6) is 0 Å². The zero-order valence-electron chi connectivity index (χ0n) is 13.7. The number of benzene rings is 2. The molecule has 0 aliphatic carbocycles. The third-order valence-electron chi connectivity index (χ3n) is 4.64. The number of rotatable bonds is 3. The molecular weight excluding hydrogens is 320 g/mol. The van der Waals surface area contributed by atoms with Crippen molar-refractivity contribution in [3.8, 4) is 0 Å². The highest BCUT2D eigenvalue weighted by molar-refractivity contribution is 6.06. The van der Waals surface area contributed by atoms with E-state index < -0.39 is 5.60 Å². The minimum Gasteiger partial charge on any atom is -0.456 e. The molecule has 1 aliphatic rings. The molecule has 1 fully saturated rings. The van der Waals surface area contributed by atoms with E-state index in [-0.39, 0.29) is 12.6 Å². The van der Waals surface area contributed by atoms with Crippen LogP contribution < -0.4 is 10.6 Å². The van der Waals surface area contributed by atoms with Gasteiger partial charge in [0.1, 0.15) is 11.2 Å². The van der Waals surface area contributed by atoms with Crippen LogP contribution >= 0.6 is 0 Å². The van der Waals surface area contributed by atoms with Crippen LogP contribution in [0.1, 0.15) is 12.8 Å². The van der Waals surface area contributed by atoms with Gasteiger partial charge in [0.25, 0.3) is 0 Å². The number of nitrogens with one attached hydrogen (secondary N) is 2. The summed E-state index contributed by atoms with van der Waals surface area (Å²) in [5.74, 6) is 0. The Morgan fingerprint density at radius 3 is 2.68 bits per heavy atom. The fourth-order valence-electron chi connectivity index (χ4n) is 3.15. The Labute approximate surface area is 144 Å². The van der Waals surface area contributed by atoms with Gasteiger partial charge in [-0.2, -0.15) is 0 Å². The molecule has 2 aromatic carbocycles. The quantitative estimate of drug-likeness (QED) is 0.683. The maximum absolute atomic E-state index is 12.1. The summed E-state index contributed by atoms with van der Waals surface area (Å²) in [4.78, 5) is 12.1. The van der Waals surface area contributed by atoms with Gasteiger partial charge in [-0.15, -0.1) is 0 Å². The van der Waals surface area contributed by atoms with Crippen LogP contribution in [-0.4, -0.2) is 36.5 Å². The van der Waals surface area contributed by atoms with Gasteiger partial charge >= 0.3 is 6.03 Å². The lowest BCUT2D eigenvalue weighted by Crippen LogP contribution is -2.47. The summed E-state index contributed by atoms with van der Waals surface area (Å²) in [6, 6.07) is 13.1. The fraction of sp³-hybridized carbons (Fsp3) is 0.316. The van der Waals surface area contributed by atoms with Crippen molar-refractivity contribution in [1.82, 2.24) is 5.32 Å². The van der Waals surface area contributed by atoms with Crippen molar-refractivity contribution in [1.29, 1.82) is 0 Å². The summed E-state index contributed by atoms with van der Waals surface area (Å²) < 4.78 is 11.1. The molecule has 2 heterocycles. The lowest BCUT2D eigenvalue weighted by Gasteiger charge is -2.32. The van der Waals surface area contributed by atoms with Gasteiger partial charge < -0.3 is 24.9 Å². The van der Waals surface area contributed by atoms with Gasteiger partial charge in [-0.3, -0.25) is 0 Å². The lowest BCUT2D eigenvalue weighted by molar-refractivity contribution is -0.0598. The second kappa shape index (κ2) is 6.38. The highest BCUT2D eigenvalue weighted by Crippen LogP contribution is 2.30. The summed E-state index contributed by atoms with van der Waals surface area (Å²) in [6.45, 7) is 1.24. The van der Waals surface area contributed by atoms with E-state index in [0.717, 1.165) is 21.9 Å². The van der Waals surface area contributed by atoms with Crippen molar-refractivity contribution in [2.24, 2.45) is 0 Å². The maximum Gasteiger partial charge on any atom is 0.319 e. The first-order valence-electron chi connectivity index (χ1n) is 8.39. The zero-order chi connectivity index (χ0) is 17.3. The first-order valence-corrected chi connectivity index (χ1v) is 8.39. The Morgan fingerprint density at radius 2 is 1.84 bits per heavy atom. The number of aliphatic hydroxyl groups is 1. The zero-order valence-corrected chi connectivity index (χ0v) is 13.7. The number of para-hydroxylation sites is 1. The number of fused-ring (bicyclic) bond motifs is 3. The van der Waals surface area contributed by atoms with Gasteiger partial charge in [-0.1, -0.05) is 18.2 Å². The molecule has 130 valence electrons. The van der Waals surface area contributed by atoms with E-state index in [9.17, 15) is 9.90 Å². The number of anilines is 1. The minimum absolute atomic E-state index is 0.203. The second-order valence-corrected chi connectivity index (χ2v) is 6.45. The van der Waals surface area contributed by atoms with E-state index in [1.165, 1.54) is 0 Å². The van der Waals surface area contributed by atoms with Crippen LogP contribution in [0.4, 0.5) is 10.5 Å². The van der Waals surface area contributed by atoms with E-state index in [0.29, 0.717) is 31.7 Å². The third kappa shape index (κ3) is 3.31. The molecule has 25 heavy (non-hydrogen) atoms. The molecule has 0 bridgehead atoms. The lowest BCUT2D eigenvalue weighted by atomic mass is 9.94. The molecule has 0 atom stereocenters. The average Bonchev–Trinajstić information content (AvgIpc) is 2.98. The summed E-state index contributed by atoms with van der Waals surface area (Å²) in [7, 11) is 0. The van der Waals surface area contributed by atoms with Gasteiger partial charge in [0.15, 0.2) is 0 Å². The third-order valence-corrected chi connectivity index (χ3v) is 4.64. The molecule has 3 N–H and O–H groups in total. The van der Waals surface area contributed by atoms with Gasteiger partial charge in [0, 0.05) is 55.1 Å². The Kier molecular flexibility index (Phi) is 4.07. The molecule has 2 amide bonds. The molecule has 1 aliphatic heterocycles. The monoisotopic (exact) mass is 340 g/mol. The predicted molar refractivity (Wildman–Crippen MR) is 95.7 cm³/mol. The second-order valence-electron chi connectivity index (χ2n) is 6.45. The number of amides is 2. The molecular formula is C19H20N2O4. The predicted octanol–water partition coefficient (Wildman–Crippen LogP) is 3.25. The number of furan rings is 1. The molecule has 3 aromatic rings. The van der Waals surface area contributed by atoms with Crippen LogP contribution in [0, 0.1) is 0 Å². The van der Waals surface area contributed by atoms with E-state index in [1.807, 2.05) is 36.4 Å². The van der Waals surface area contributed by atoms with Gasteiger partial charge in [0.2, 0.25) is 0 Å². The largest absolute Gasteiger partial charge is 0.456 e. The standard InChI is InChI=1S/C19H20N2O4/c22-18(20-12-19(23)7-9-24-10-8-19)21-13-5-6-15-14-3-1-2-4-16(14)25-17(15)11-13/h1-6,11,23H,7-10,12H2,(H2,20,21,22). The van der Waals surface area contributed by atoms with E-state index in [4.69, 9.17) is 9.15 Å². The Hall–Kier alpha value is -2.57. The highest BCUT2D eigenvalue weighted by atomic mass is 16.5. The molecule has 4 rings (SSSR count). The van der Waals surface area contributed by atoms with Crippen molar-refractivity contribution in [2.75, 3.05) is 25.1 Å². The topological polar surface area (TPSA) is 83.7 Å². The van der Waals surface area contributed by atoms with Crippen molar-refractivity contribution in [2.45, 2.75) is 18.4 Å². The Balaban J connectivity index is 1.45. The molecule has 0 spiro atoms. The van der Waals surface area contributed by atoms with Gasteiger partial charge in [-0.05, 0) is 18.2 Å². The Morgan fingerprint density at radius 1 is 1.08 bits per heavy atom. The number of urea groups is 1. The SMILES string of the molecule is O=C(NCC1(O)CCOCC1)Nc1ccc2c(c1)oc1ccccc12. The van der Waals surface area contributed by atoms with E-state index >= 15 is 0 Å². The number of hydrogen-bond donors (Lipinski definition) is 3. The Bertz CT molecular complexity index is 912. The smallest absolute Gasteiger partial charge is 0.319 e. The van der Waals surface area contributed by atoms with E-state index in [1.54, 1.807) is 6.07 Å².